The fourth-order valence-electron chi connectivity index (χ4n) is 3.92. The highest BCUT2D eigenvalue weighted by Crippen LogP contribution is 2.33. The smallest absolute Gasteiger partial charge is 0.205 e. The summed E-state index contributed by atoms with van der Waals surface area (Å²) in [5.41, 5.74) is 1.17. The molecule has 0 atom stereocenters. The van der Waals surface area contributed by atoms with Crippen molar-refractivity contribution >= 4 is 5.95 Å². The number of aromatic nitrogens is 2. The lowest BCUT2D eigenvalue weighted by Crippen LogP contribution is -2.37. The summed E-state index contributed by atoms with van der Waals surface area (Å²) < 4.78 is 2.48. The lowest BCUT2D eigenvalue weighted by molar-refractivity contribution is 0.371. The molecule has 1 aromatic rings. The Bertz CT molecular complexity index is 442. The molecule has 2 heterocycles. The van der Waals surface area contributed by atoms with Crippen LogP contribution in [0.1, 0.15) is 57.2 Å². The van der Waals surface area contributed by atoms with Crippen molar-refractivity contribution in [3.05, 3.63) is 11.9 Å². The average molecular weight is 290 g/mol. The van der Waals surface area contributed by atoms with Crippen molar-refractivity contribution in [2.45, 2.75) is 58.4 Å². The van der Waals surface area contributed by atoms with Gasteiger partial charge in [0.25, 0.3) is 0 Å². The summed E-state index contributed by atoms with van der Waals surface area (Å²) in [4.78, 5) is 7.38. The minimum absolute atomic E-state index is 0.684. The number of nitrogens with one attached hydrogen (secondary N) is 1. The van der Waals surface area contributed by atoms with E-state index in [9.17, 15) is 0 Å². The van der Waals surface area contributed by atoms with Gasteiger partial charge in [-0.15, -0.1) is 0 Å². The molecule has 0 spiro atoms. The van der Waals surface area contributed by atoms with Crippen molar-refractivity contribution in [1.29, 1.82) is 0 Å². The van der Waals surface area contributed by atoms with E-state index in [0.29, 0.717) is 6.04 Å². The van der Waals surface area contributed by atoms with Gasteiger partial charge in [0.05, 0.1) is 5.69 Å². The van der Waals surface area contributed by atoms with Gasteiger partial charge in [0.15, 0.2) is 0 Å². The van der Waals surface area contributed by atoms with Gasteiger partial charge in [0, 0.05) is 25.3 Å². The molecule has 4 heteroatoms. The molecule has 2 fully saturated rings. The number of piperidine rings is 1. The van der Waals surface area contributed by atoms with Crippen LogP contribution in [0.25, 0.3) is 0 Å². The Morgan fingerprint density at radius 3 is 2.62 bits per heavy atom. The van der Waals surface area contributed by atoms with Gasteiger partial charge in [-0.1, -0.05) is 12.8 Å². The predicted octanol–water partition coefficient (Wildman–Crippen LogP) is 3.13. The Balaban J connectivity index is 1.75. The van der Waals surface area contributed by atoms with Crippen LogP contribution in [-0.4, -0.2) is 35.7 Å². The van der Waals surface area contributed by atoms with Crippen LogP contribution in [0.15, 0.2) is 6.20 Å². The molecule has 1 saturated heterocycles. The van der Waals surface area contributed by atoms with Crippen LogP contribution in [0.2, 0.25) is 0 Å². The van der Waals surface area contributed by atoms with E-state index < -0.39 is 0 Å². The normalized spacial score (nSPS) is 21.0. The highest BCUT2D eigenvalue weighted by molar-refractivity contribution is 5.34. The van der Waals surface area contributed by atoms with Crippen molar-refractivity contribution in [2.75, 3.05) is 31.1 Å². The van der Waals surface area contributed by atoms with Gasteiger partial charge in [0.1, 0.15) is 0 Å². The van der Waals surface area contributed by atoms with Crippen molar-refractivity contribution in [1.82, 2.24) is 14.9 Å². The Labute approximate surface area is 128 Å². The standard InChI is InChI=1S/C17H30N4/c1-3-20(13-15-8-10-18-11-9-15)17-19-14(2)12-21(17)16-6-4-5-7-16/h12,15-16,18H,3-11,13H2,1-2H3. The predicted molar refractivity (Wildman–Crippen MR) is 87.9 cm³/mol. The minimum Gasteiger partial charge on any atom is -0.342 e. The number of hydrogen-bond acceptors (Lipinski definition) is 3. The molecule has 1 aliphatic carbocycles. The van der Waals surface area contributed by atoms with Gasteiger partial charge in [-0.3, -0.25) is 0 Å². The van der Waals surface area contributed by atoms with E-state index in [-0.39, 0.29) is 0 Å². The van der Waals surface area contributed by atoms with Crippen LogP contribution in [0.5, 0.6) is 0 Å². The van der Waals surface area contributed by atoms with Crippen LogP contribution < -0.4 is 10.2 Å². The zero-order valence-corrected chi connectivity index (χ0v) is 13.6. The Morgan fingerprint density at radius 1 is 1.24 bits per heavy atom. The van der Waals surface area contributed by atoms with Crippen molar-refractivity contribution in [2.24, 2.45) is 5.92 Å². The zero-order valence-electron chi connectivity index (χ0n) is 13.6. The SMILES string of the molecule is CCN(CC1CCNCC1)c1nc(C)cn1C1CCCC1. The highest BCUT2D eigenvalue weighted by atomic mass is 15.3. The molecule has 1 N–H and O–H groups in total. The molecule has 21 heavy (non-hydrogen) atoms. The molecule has 0 bridgehead atoms. The molecule has 0 aromatic carbocycles. The molecular weight excluding hydrogens is 260 g/mol. The summed E-state index contributed by atoms with van der Waals surface area (Å²) in [5, 5.41) is 3.47. The maximum absolute atomic E-state index is 4.87. The van der Waals surface area contributed by atoms with E-state index >= 15 is 0 Å². The summed E-state index contributed by atoms with van der Waals surface area (Å²) in [6.45, 7) is 8.99. The van der Waals surface area contributed by atoms with Crippen molar-refractivity contribution in [3.63, 3.8) is 0 Å². The first-order chi connectivity index (χ1) is 10.3. The summed E-state index contributed by atoms with van der Waals surface area (Å²) in [6, 6.07) is 0.684. The molecule has 118 valence electrons. The fourth-order valence-corrected chi connectivity index (χ4v) is 3.92. The third kappa shape index (κ3) is 3.42. The molecule has 3 rings (SSSR count). The number of nitrogens with zero attached hydrogens (tertiary/aromatic N) is 3. The summed E-state index contributed by atoms with van der Waals surface area (Å²) in [5.74, 6) is 2.04. The average Bonchev–Trinajstić information content (AvgIpc) is 3.15. The van der Waals surface area contributed by atoms with E-state index in [1.165, 1.54) is 69.8 Å². The van der Waals surface area contributed by atoms with E-state index in [1.807, 2.05) is 0 Å². The second-order valence-corrected chi connectivity index (χ2v) is 6.76. The minimum atomic E-state index is 0.684. The number of rotatable bonds is 5. The third-order valence-corrected chi connectivity index (χ3v) is 5.15. The maximum atomic E-state index is 4.87. The van der Waals surface area contributed by atoms with Crippen LogP contribution in [-0.2, 0) is 0 Å². The third-order valence-electron chi connectivity index (χ3n) is 5.15. The summed E-state index contributed by atoms with van der Waals surface area (Å²) in [7, 11) is 0. The van der Waals surface area contributed by atoms with E-state index in [2.05, 4.69) is 34.8 Å². The van der Waals surface area contributed by atoms with Gasteiger partial charge in [0.2, 0.25) is 5.95 Å². The molecule has 1 saturated carbocycles. The number of anilines is 1. The van der Waals surface area contributed by atoms with E-state index in [4.69, 9.17) is 4.98 Å². The first kappa shape index (κ1) is 14.9. The van der Waals surface area contributed by atoms with Crippen molar-refractivity contribution in [3.8, 4) is 0 Å². The maximum Gasteiger partial charge on any atom is 0.205 e. The summed E-state index contributed by atoms with van der Waals surface area (Å²) in [6.07, 6.45) is 10.3. The van der Waals surface area contributed by atoms with E-state index in [1.54, 1.807) is 0 Å². The molecule has 0 amide bonds. The molecule has 0 radical (unpaired) electrons. The van der Waals surface area contributed by atoms with Crippen LogP contribution in [0.3, 0.4) is 0 Å². The van der Waals surface area contributed by atoms with Gasteiger partial charge < -0.3 is 14.8 Å². The largest absolute Gasteiger partial charge is 0.342 e. The lowest BCUT2D eigenvalue weighted by Gasteiger charge is -2.31. The monoisotopic (exact) mass is 290 g/mol. The zero-order chi connectivity index (χ0) is 14.7. The van der Waals surface area contributed by atoms with Gasteiger partial charge in [-0.2, -0.15) is 0 Å². The Hall–Kier alpha value is -1.03. The highest BCUT2D eigenvalue weighted by Gasteiger charge is 2.24. The second-order valence-electron chi connectivity index (χ2n) is 6.76. The topological polar surface area (TPSA) is 33.1 Å². The lowest BCUT2D eigenvalue weighted by atomic mass is 9.97. The van der Waals surface area contributed by atoms with Crippen LogP contribution in [0, 0.1) is 12.8 Å². The van der Waals surface area contributed by atoms with Gasteiger partial charge in [-0.25, -0.2) is 4.98 Å². The second kappa shape index (κ2) is 6.82. The fraction of sp³-hybridized carbons (Fsp3) is 0.824. The van der Waals surface area contributed by atoms with Gasteiger partial charge in [-0.05, 0) is 58.5 Å². The Morgan fingerprint density at radius 2 is 1.95 bits per heavy atom. The Kier molecular flexibility index (Phi) is 4.84. The first-order valence-electron chi connectivity index (χ1n) is 8.79. The molecule has 4 nitrogen and oxygen atoms in total. The van der Waals surface area contributed by atoms with Crippen molar-refractivity contribution < 1.29 is 0 Å². The molecule has 1 aliphatic heterocycles. The molecule has 1 aromatic heterocycles. The number of aryl methyl sites for hydroxylation is 1. The first-order valence-corrected chi connectivity index (χ1v) is 8.79. The van der Waals surface area contributed by atoms with Crippen LogP contribution in [0.4, 0.5) is 5.95 Å². The number of hydrogen-bond donors (Lipinski definition) is 1. The quantitative estimate of drug-likeness (QED) is 0.904. The van der Waals surface area contributed by atoms with Crippen LogP contribution >= 0.6 is 0 Å². The number of imidazole rings is 1. The van der Waals surface area contributed by atoms with Gasteiger partial charge >= 0.3 is 0 Å². The molecule has 2 aliphatic rings. The van der Waals surface area contributed by atoms with E-state index in [0.717, 1.165) is 12.5 Å². The molecular formula is C17H30N4. The molecule has 0 unspecified atom stereocenters. The summed E-state index contributed by atoms with van der Waals surface area (Å²) >= 11 is 0.